The second kappa shape index (κ2) is 11.1. The number of rotatable bonds is 8. The molecule has 30 heavy (non-hydrogen) atoms. The molecule has 166 valence electrons. The van der Waals surface area contributed by atoms with Gasteiger partial charge in [-0.15, -0.1) is 0 Å². The number of hydrogen-bond acceptors (Lipinski definition) is 4. The summed E-state index contributed by atoms with van der Waals surface area (Å²) in [5.41, 5.74) is 7.92. The molecule has 0 aromatic heterocycles. The molecule has 2 rings (SSSR count). The van der Waals surface area contributed by atoms with Gasteiger partial charge in [-0.2, -0.15) is 0 Å². The summed E-state index contributed by atoms with van der Waals surface area (Å²) < 4.78 is 0. The van der Waals surface area contributed by atoms with Gasteiger partial charge in [0.25, 0.3) is 0 Å². The van der Waals surface area contributed by atoms with Crippen LogP contribution in [-0.2, 0) is 20.8 Å². The summed E-state index contributed by atoms with van der Waals surface area (Å²) in [5.74, 6) is -0.263. The Bertz CT molecular complexity index is 724. The van der Waals surface area contributed by atoms with Gasteiger partial charge in [-0.3, -0.25) is 14.4 Å². The van der Waals surface area contributed by atoms with Crippen LogP contribution in [0.4, 0.5) is 5.69 Å². The van der Waals surface area contributed by atoms with Crippen LogP contribution in [0.25, 0.3) is 0 Å². The maximum Gasteiger partial charge on any atom is 0.246 e. The third kappa shape index (κ3) is 6.83. The second-order valence-corrected chi connectivity index (χ2v) is 8.61. The lowest BCUT2D eigenvalue weighted by molar-refractivity contribution is -0.137. The molecule has 1 heterocycles. The highest BCUT2D eigenvalue weighted by Gasteiger charge is 2.30. The maximum atomic E-state index is 12.6. The molecule has 1 aliphatic heterocycles. The summed E-state index contributed by atoms with van der Waals surface area (Å²) in [6.07, 6.45) is 2.76. The van der Waals surface area contributed by atoms with Gasteiger partial charge in [0.1, 0.15) is 6.04 Å². The van der Waals surface area contributed by atoms with Crippen molar-refractivity contribution >= 4 is 23.4 Å². The molecule has 1 aromatic carbocycles. The lowest BCUT2D eigenvalue weighted by Crippen LogP contribution is -2.50. The highest BCUT2D eigenvalue weighted by molar-refractivity contribution is 5.97. The van der Waals surface area contributed by atoms with Crippen LogP contribution in [-0.4, -0.2) is 47.8 Å². The normalized spacial score (nSPS) is 16.8. The van der Waals surface area contributed by atoms with Crippen LogP contribution in [0, 0.1) is 11.8 Å². The average molecular weight is 417 g/mol. The Labute approximate surface area is 179 Å². The Kier molecular flexibility index (Phi) is 8.84. The van der Waals surface area contributed by atoms with Crippen molar-refractivity contribution in [1.29, 1.82) is 0 Å². The zero-order valence-corrected chi connectivity index (χ0v) is 18.6. The largest absolute Gasteiger partial charge is 0.344 e. The third-order valence-electron chi connectivity index (χ3n) is 5.60. The summed E-state index contributed by atoms with van der Waals surface area (Å²) in [5, 5.41) is 5.64. The Balaban J connectivity index is 1.79. The summed E-state index contributed by atoms with van der Waals surface area (Å²) in [4.78, 5) is 39.2. The van der Waals surface area contributed by atoms with E-state index >= 15 is 0 Å². The molecule has 3 amide bonds. The number of hydrogen-bond donors (Lipinski definition) is 3. The van der Waals surface area contributed by atoms with E-state index in [0.717, 1.165) is 6.42 Å². The fourth-order valence-corrected chi connectivity index (χ4v) is 3.68. The van der Waals surface area contributed by atoms with Crippen molar-refractivity contribution in [2.75, 3.05) is 18.4 Å². The number of anilines is 1. The number of amides is 3. The van der Waals surface area contributed by atoms with Crippen LogP contribution in [0.2, 0.25) is 0 Å². The Morgan fingerprint density at radius 3 is 2.23 bits per heavy atom. The smallest absolute Gasteiger partial charge is 0.246 e. The first-order chi connectivity index (χ1) is 14.2. The van der Waals surface area contributed by atoms with E-state index in [1.54, 1.807) is 11.8 Å². The predicted octanol–water partition coefficient (Wildman–Crippen LogP) is 2.30. The summed E-state index contributed by atoms with van der Waals surface area (Å²) >= 11 is 0. The summed E-state index contributed by atoms with van der Waals surface area (Å²) in [7, 11) is 0. The van der Waals surface area contributed by atoms with Gasteiger partial charge in [-0.25, -0.2) is 0 Å². The van der Waals surface area contributed by atoms with E-state index < -0.39 is 12.1 Å². The number of nitrogens with two attached hydrogens (primary N) is 1. The van der Waals surface area contributed by atoms with Gasteiger partial charge in [0.15, 0.2) is 0 Å². The van der Waals surface area contributed by atoms with Crippen LogP contribution < -0.4 is 16.4 Å². The fraction of sp³-hybridized carbons (Fsp3) is 0.609. The van der Waals surface area contributed by atoms with E-state index in [4.69, 9.17) is 5.73 Å². The minimum absolute atomic E-state index is 0.0376. The van der Waals surface area contributed by atoms with E-state index in [1.807, 2.05) is 38.1 Å². The first kappa shape index (κ1) is 23.9. The highest BCUT2D eigenvalue weighted by Crippen LogP contribution is 2.19. The first-order valence-electron chi connectivity index (χ1n) is 11.0. The zero-order chi connectivity index (χ0) is 22.3. The van der Waals surface area contributed by atoms with Gasteiger partial charge in [0, 0.05) is 24.7 Å². The molecule has 0 unspecified atom stereocenters. The quantitative estimate of drug-likeness (QED) is 0.605. The third-order valence-corrected chi connectivity index (χ3v) is 5.60. The van der Waals surface area contributed by atoms with Crippen LogP contribution in [0.1, 0.15) is 52.5 Å². The van der Waals surface area contributed by atoms with Gasteiger partial charge in [-0.05, 0) is 56.2 Å². The van der Waals surface area contributed by atoms with E-state index in [9.17, 15) is 14.4 Å². The molecule has 0 bridgehead atoms. The van der Waals surface area contributed by atoms with Gasteiger partial charge in [0.05, 0.1) is 6.04 Å². The summed E-state index contributed by atoms with van der Waals surface area (Å²) in [6, 6.07) is 6.55. The topological polar surface area (TPSA) is 105 Å². The van der Waals surface area contributed by atoms with Crippen LogP contribution in [0.5, 0.6) is 0 Å². The van der Waals surface area contributed by atoms with Crippen LogP contribution in [0.15, 0.2) is 24.3 Å². The van der Waals surface area contributed by atoms with E-state index in [-0.39, 0.29) is 23.6 Å². The molecular weight excluding hydrogens is 380 g/mol. The Morgan fingerprint density at radius 2 is 1.70 bits per heavy atom. The molecular formula is C23H36N4O3. The van der Waals surface area contributed by atoms with Crippen molar-refractivity contribution in [2.24, 2.45) is 17.6 Å². The monoisotopic (exact) mass is 416 g/mol. The van der Waals surface area contributed by atoms with Gasteiger partial charge in [0.2, 0.25) is 17.7 Å². The molecule has 0 aliphatic carbocycles. The molecule has 2 atom stereocenters. The van der Waals surface area contributed by atoms with Crippen LogP contribution >= 0.6 is 0 Å². The van der Waals surface area contributed by atoms with E-state index in [2.05, 4.69) is 17.6 Å². The highest BCUT2D eigenvalue weighted by atomic mass is 16.2. The molecule has 0 saturated carbocycles. The Morgan fingerprint density at radius 1 is 1.10 bits per heavy atom. The van der Waals surface area contributed by atoms with Crippen LogP contribution in [0.3, 0.4) is 0 Å². The number of piperidine rings is 1. The van der Waals surface area contributed by atoms with E-state index in [1.165, 1.54) is 5.56 Å². The average Bonchev–Trinajstić information content (AvgIpc) is 2.73. The van der Waals surface area contributed by atoms with Crippen molar-refractivity contribution in [3.8, 4) is 0 Å². The molecule has 7 heteroatoms. The molecule has 0 spiro atoms. The summed E-state index contributed by atoms with van der Waals surface area (Å²) in [6.45, 7) is 8.88. The maximum absolute atomic E-state index is 12.6. The first-order valence-corrected chi connectivity index (χ1v) is 11.0. The van der Waals surface area contributed by atoms with E-state index in [0.29, 0.717) is 44.0 Å². The van der Waals surface area contributed by atoms with Crippen molar-refractivity contribution in [3.05, 3.63) is 29.8 Å². The minimum atomic E-state index is -0.637. The number of aryl methyl sites for hydroxylation is 1. The van der Waals surface area contributed by atoms with Crippen molar-refractivity contribution < 1.29 is 14.4 Å². The number of carbonyl (C=O) groups excluding carboxylic acids is 3. The van der Waals surface area contributed by atoms with Gasteiger partial charge < -0.3 is 21.3 Å². The molecule has 1 aliphatic rings. The van der Waals surface area contributed by atoms with Gasteiger partial charge >= 0.3 is 0 Å². The van der Waals surface area contributed by atoms with Gasteiger partial charge in [-0.1, -0.05) is 32.9 Å². The minimum Gasteiger partial charge on any atom is -0.344 e. The standard InChI is InChI=1S/C23H36N4O3/c1-5-17-6-8-19(9-7-17)26-21(28)16(4)25-22(29)18-10-12-27(13-11-18)23(30)20(24)14-15(2)3/h6-9,15-16,18,20H,5,10-14,24H2,1-4H3,(H,25,29)(H,26,28)/t16-,20-/m0/s1. The number of likely N-dealkylation sites (tertiary alicyclic amines) is 1. The molecule has 1 fully saturated rings. The SMILES string of the molecule is CCc1ccc(NC(=O)[C@H](C)NC(=O)C2CCN(C(=O)[C@@H](N)CC(C)C)CC2)cc1. The molecule has 4 N–H and O–H groups in total. The molecule has 1 aromatic rings. The zero-order valence-electron chi connectivity index (χ0n) is 18.6. The molecule has 7 nitrogen and oxygen atoms in total. The number of carbonyl (C=O) groups is 3. The number of benzene rings is 1. The number of nitrogens with one attached hydrogen (secondary N) is 2. The Hall–Kier alpha value is -2.41. The van der Waals surface area contributed by atoms with Crippen molar-refractivity contribution in [2.45, 2.75) is 65.5 Å². The lowest BCUT2D eigenvalue weighted by atomic mass is 9.94. The number of nitrogens with zero attached hydrogens (tertiary/aromatic N) is 1. The second-order valence-electron chi connectivity index (χ2n) is 8.61. The van der Waals surface area contributed by atoms with Crippen molar-refractivity contribution in [1.82, 2.24) is 10.2 Å². The molecule has 1 saturated heterocycles. The molecule has 0 radical (unpaired) electrons. The lowest BCUT2D eigenvalue weighted by Gasteiger charge is -2.33. The fourth-order valence-electron chi connectivity index (χ4n) is 3.68. The predicted molar refractivity (Wildman–Crippen MR) is 119 cm³/mol. The van der Waals surface area contributed by atoms with Crippen molar-refractivity contribution in [3.63, 3.8) is 0 Å².